The minimum Gasteiger partial charge on any atom is -0.481 e. The van der Waals surface area contributed by atoms with Crippen molar-refractivity contribution in [3.05, 3.63) is 35.6 Å². The van der Waals surface area contributed by atoms with E-state index in [1.165, 1.54) is 12.1 Å². The predicted octanol–water partition coefficient (Wildman–Crippen LogP) is 0.675. The van der Waals surface area contributed by atoms with Crippen molar-refractivity contribution >= 4 is 11.9 Å². The molecule has 104 valence electrons. The standard InChI is InChI=1S/C13H17FN2O3/c1-8(6-9-2-4-10(14)5-3-9)16-13(19)11(15)7-12(17)18/h2-5,8,11H,6-7,15H2,1H3,(H,16,19)(H,17,18)/t8-,11+/m1/s1. The monoisotopic (exact) mass is 268 g/mol. The first-order valence-corrected chi connectivity index (χ1v) is 5.90. The number of benzene rings is 1. The molecule has 0 saturated carbocycles. The number of carbonyl (C=O) groups excluding carboxylic acids is 1. The number of hydrogen-bond donors (Lipinski definition) is 3. The van der Waals surface area contributed by atoms with Gasteiger partial charge in [-0.05, 0) is 31.0 Å². The highest BCUT2D eigenvalue weighted by Gasteiger charge is 2.18. The van der Waals surface area contributed by atoms with Crippen LogP contribution in [0.5, 0.6) is 0 Å². The lowest BCUT2D eigenvalue weighted by atomic mass is 10.1. The molecule has 5 nitrogen and oxygen atoms in total. The molecule has 4 N–H and O–H groups in total. The Hall–Kier alpha value is -1.95. The van der Waals surface area contributed by atoms with Crippen LogP contribution in [0, 0.1) is 5.82 Å². The predicted molar refractivity (Wildman–Crippen MR) is 67.9 cm³/mol. The smallest absolute Gasteiger partial charge is 0.305 e. The number of carboxylic acids is 1. The summed E-state index contributed by atoms with van der Waals surface area (Å²) < 4.78 is 12.7. The van der Waals surface area contributed by atoms with Crippen LogP contribution in [0.2, 0.25) is 0 Å². The zero-order valence-corrected chi connectivity index (χ0v) is 10.6. The molecule has 1 amide bonds. The minimum atomic E-state index is -1.12. The first-order chi connectivity index (χ1) is 8.88. The molecule has 0 unspecified atom stereocenters. The topological polar surface area (TPSA) is 92.4 Å². The van der Waals surface area contributed by atoms with Crippen molar-refractivity contribution < 1.29 is 19.1 Å². The largest absolute Gasteiger partial charge is 0.481 e. The van der Waals surface area contributed by atoms with E-state index in [0.717, 1.165) is 5.56 Å². The van der Waals surface area contributed by atoms with Crippen molar-refractivity contribution in [2.75, 3.05) is 0 Å². The maximum absolute atomic E-state index is 12.7. The summed E-state index contributed by atoms with van der Waals surface area (Å²) in [5, 5.41) is 11.2. The van der Waals surface area contributed by atoms with E-state index in [0.29, 0.717) is 6.42 Å². The summed E-state index contributed by atoms with van der Waals surface area (Å²) in [7, 11) is 0. The van der Waals surface area contributed by atoms with Gasteiger partial charge in [0.05, 0.1) is 12.5 Å². The van der Waals surface area contributed by atoms with E-state index in [1.54, 1.807) is 19.1 Å². The second kappa shape index (κ2) is 6.84. The molecule has 1 aromatic carbocycles. The molecule has 0 aromatic heterocycles. The second-order valence-electron chi connectivity index (χ2n) is 4.44. The van der Waals surface area contributed by atoms with E-state index in [9.17, 15) is 14.0 Å². The number of hydrogen-bond acceptors (Lipinski definition) is 3. The van der Waals surface area contributed by atoms with Gasteiger partial charge in [0.15, 0.2) is 0 Å². The van der Waals surface area contributed by atoms with Crippen LogP contribution in [-0.4, -0.2) is 29.1 Å². The fourth-order valence-electron chi connectivity index (χ4n) is 1.66. The summed E-state index contributed by atoms with van der Waals surface area (Å²) >= 11 is 0. The van der Waals surface area contributed by atoms with Crippen molar-refractivity contribution in [2.45, 2.75) is 31.8 Å². The molecule has 0 aliphatic carbocycles. The fourth-order valence-corrected chi connectivity index (χ4v) is 1.66. The first-order valence-electron chi connectivity index (χ1n) is 5.90. The van der Waals surface area contributed by atoms with Gasteiger partial charge in [0, 0.05) is 6.04 Å². The van der Waals surface area contributed by atoms with Gasteiger partial charge in [0.25, 0.3) is 0 Å². The first kappa shape index (κ1) is 15.1. The molecule has 6 heteroatoms. The zero-order valence-electron chi connectivity index (χ0n) is 10.6. The minimum absolute atomic E-state index is 0.210. The van der Waals surface area contributed by atoms with Crippen LogP contribution in [0.3, 0.4) is 0 Å². The highest BCUT2D eigenvalue weighted by Crippen LogP contribution is 2.06. The normalized spacial score (nSPS) is 13.6. The van der Waals surface area contributed by atoms with Crippen molar-refractivity contribution in [1.29, 1.82) is 0 Å². The molecule has 0 aliphatic heterocycles. The summed E-state index contributed by atoms with van der Waals surface area (Å²) in [6.07, 6.45) is 0.112. The van der Waals surface area contributed by atoms with E-state index in [4.69, 9.17) is 10.8 Å². The molecular weight excluding hydrogens is 251 g/mol. The van der Waals surface area contributed by atoms with Crippen LogP contribution >= 0.6 is 0 Å². The molecule has 0 fully saturated rings. The van der Waals surface area contributed by atoms with Gasteiger partial charge in [-0.15, -0.1) is 0 Å². The third-order valence-corrected chi connectivity index (χ3v) is 2.58. The number of rotatable bonds is 6. The number of carboxylic acid groups (broad SMARTS) is 1. The molecule has 2 atom stereocenters. The van der Waals surface area contributed by atoms with Crippen LogP contribution in [0.4, 0.5) is 4.39 Å². The van der Waals surface area contributed by atoms with E-state index in [-0.39, 0.29) is 11.9 Å². The molecule has 19 heavy (non-hydrogen) atoms. The number of nitrogens with two attached hydrogens (primary N) is 1. The van der Waals surface area contributed by atoms with Gasteiger partial charge in [-0.2, -0.15) is 0 Å². The van der Waals surface area contributed by atoms with Gasteiger partial charge in [-0.3, -0.25) is 9.59 Å². The Morgan fingerprint density at radius 1 is 1.37 bits per heavy atom. The highest BCUT2D eigenvalue weighted by atomic mass is 19.1. The Morgan fingerprint density at radius 3 is 2.47 bits per heavy atom. The third-order valence-electron chi connectivity index (χ3n) is 2.58. The SMILES string of the molecule is C[C@H](Cc1ccc(F)cc1)NC(=O)[C@@H](N)CC(=O)O. The van der Waals surface area contributed by atoms with Gasteiger partial charge in [-0.1, -0.05) is 12.1 Å². The van der Waals surface area contributed by atoms with E-state index < -0.39 is 24.3 Å². The van der Waals surface area contributed by atoms with Crippen LogP contribution in [0.1, 0.15) is 18.9 Å². The molecule has 0 saturated heterocycles. The Kier molecular flexibility index (Phi) is 5.44. The third kappa shape index (κ3) is 5.48. The highest BCUT2D eigenvalue weighted by molar-refractivity contribution is 5.86. The fraction of sp³-hybridized carbons (Fsp3) is 0.385. The van der Waals surface area contributed by atoms with Crippen molar-refractivity contribution in [1.82, 2.24) is 5.32 Å². The summed E-state index contributed by atoms with van der Waals surface area (Å²) in [4.78, 5) is 22.0. The molecule has 0 aliphatic rings. The van der Waals surface area contributed by atoms with Crippen LogP contribution in [0.15, 0.2) is 24.3 Å². The van der Waals surface area contributed by atoms with Gasteiger partial charge in [0.2, 0.25) is 5.91 Å². The number of halogens is 1. The number of nitrogens with one attached hydrogen (secondary N) is 1. The summed E-state index contributed by atoms with van der Waals surface area (Å²) in [5.41, 5.74) is 6.31. The quantitative estimate of drug-likeness (QED) is 0.707. The van der Waals surface area contributed by atoms with Crippen molar-refractivity contribution in [2.24, 2.45) is 5.73 Å². The van der Waals surface area contributed by atoms with Crippen LogP contribution in [0.25, 0.3) is 0 Å². The molecule has 0 radical (unpaired) electrons. The van der Waals surface area contributed by atoms with Crippen LogP contribution in [-0.2, 0) is 16.0 Å². The van der Waals surface area contributed by atoms with Gasteiger partial charge in [0.1, 0.15) is 5.82 Å². The lowest BCUT2D eigenvalue weighted by Gasteiger charge is -2.16. The Bertz CT molecular complexity index is 448. The molecular formula is C13H17FN2O3. The molecule has 0 spiro atoms. The van der Waals surface area contributed by atoms with Crippen molar-refractivity contribution in [3.63, 3.8) is 0 Å². The van der Waals surface area contributed by atoms with Crippen LogP contribution < -0.4 is 11.1 Å². The number of aliphatic carboxylic acids is 1. The maximum Gasteiger partial charge on any atom is 0.305 e. The van der Waals surface area contributed by atoms with Gasteiger partial charge < -0.3 is 16.2 Å². The van der Waals surface area contributed by atoms with E-state index in [2.05, 4.69) is 5.32 Å². The number of carbonyl (C=O) groups is 2. The average molecular weight is 268 g/mol. The zero-order chi connectivity index (χ0) is 14.4. The molecule has 1 rings (SSSR count). The van der Waals surface area contributed by atoms with E-state index in [1.807, 2.05) is 0 Å². The molecule has 0 heterocycles. The van der Waals surface area contributed by atoms with E-state index >= 15 is 0 Å². The summed E-state index contributed by atoms with van der Waals surface area (Å²) in [6, 6.07) is 4.69. The average Bonchev–Trinajstić information content (AvgIpc) is 2.31. The Labute approximate surface area is 110 Å². The summed E-state index contributed by atoms with van der Waals surface area (Å²) in [6.45, 7) is 1.77. The lowest BCUT2D eigenvalue weighted by molar-refractivity contribution is -0.139. The Morgan fingerprint density at radius 2 is 1.95 bits per heavy atom. The second-order valence-corrected chi connectivity index (χ2v) is 4.44. The molecule has 1 aromatic rings. The van der Waals surface area contributed by atoms with Crippen molar-refractivity contribution in [3.8, 4) is 0 Å². The number of amides is 1. The Balaban J connectivity index is 2.46. The maximum atomic E-state index is 12.7. The van der Waals surface area contributed by atoms with Gasteiger partial charge >= 0.3 is 5.97 Å². The molecule has 0 bridgehead atoms. The summed E-state index contributed by atoms with van der Waals surface area (Å²) in [5.74, 6) is -1.94. The lowest BCUT2D eigenvalue weighted by Crippen LogP contribution is -2.46. The van der Waals surface area contributed by atoms with Gasteiger partial charge in [-0.25, -0.2) is 4.39 Å².